The van der Waals surface area contributed by atoms with E-state index in [4.69, 9.17) is 0 Å². The predicted molar refractivity (Wildman–Crippen MR) is 84.2 cm³/mol. The molecule has 0 saturated carbocycles. The van der Waals surface area contributed by atoms with E-state index in [9.17, 15) is 4.79 Å². The van der Waals surface area contributed by atoms with Gasteiger partial charge in [-0.1, -0.05) is 25.5 Å². The zero-order valence-corrected chi connectivity index (χ0v) is 13.1. The van der Waals surface area contributed by atoms with Crippen LogP contribution in [0.4, 0.5) is 5.69 Å². The lowest BCUT2D eigenvalue weighted by Crippen LogP contribution is -2.39. The van der Waals surface area contributed by atoms with E-state index in [0.717, 1.165) is 54.6 Å². The lowest BCUT2D eigenvalue weighted by molar-refractivity contribution is 0.0668. The molecule has 1 N–H and O–H groups in total. The SMILES string of the molecule is CNc1ccc(C)cc1C(=O)N1CCC(C(C)C)CC1. The number of nitrogens with zero attached hydrogens (tertiary/aromatic N) is 1. The molecule has 1 fully saturated rings. The van der Waals surface area contributed by atoms with Gasteiger partial charge in [-0.15, -0.1) is 0 Å². The molecule has 1 heterocycles. The van der Waals surface area contributed by atoms with E-state index in [0.29, 0.717) is 0 Å². The van der Waals surface area contributed by atoms with Gasteiger partial charge in [0.15, 0.2) is 0 Å². The van der Waals surface area contributed by atoms with Gasteiger partial charge in [-0.05, 0) is 43.7 Å². The summed E-state index contributed by atoms with van der Waals surface area (Å²) in [7, 11) is 1.87. The second-order valence-corrected chi connectivity index (χ2v) is 6.17. The van der Waals surface area contributed by atoms with Crippen molar-refractivity contribution in [3.8, 4) is 0 Å². The van der Waals surface area contributed by atoms with Crippen molar-refractivity contribution in [1.29, 1.82) is 0 Å². The molecule has 1 aliphatic heterocycles. The molecule has 0 radical (unpaired) electrons. The van der Waals surface area contributed by atoms with Crippen molar-refractivity contribution in [2.45, 2.75) is 33.6 Å². The second kappa shape index (κ2) is 6.29. The Balaban J connectivity index is 2.11. The van der Waals surface area contributed by atoms with Crippen LogP contribution in [-0.2, 0) is 0 Å². The molecule has 1 saturated heterocycles. The maximum atomic E-state index is 12.7. The molecule has 1 aliphatic rings. The zero-order valence-electron chi connectivity index (χ0n) is 13.1. The summed E-state index contributed by atoms with van der Waals surface area (Å²) >= 11 is 0. The summed E-state index contributed by atoms with van der Waals surface area (Å²) in [6.07, 6.45) is 2.26. The Labute approximate surface area is 122 Å². The van der Waals surface area contributed by atoms with Crippen LogP contribution in [-0.4, -0.2) is 30.9 Å². The minimum Gasteiger partial charge on any atom is -0.387 e. The highest BCUT2D eigenvalue weighted by molar-refractivity contribution is 5.99. The summed E-state index contributed by atoms with van der Waals surface area (Å²) in [5, 5.41) is 3.12. The fraction of sp³-hybridized carbons (Fsp3) is 0.588. The molecule has 3 nitrogen and oxygen atoms in total. The van der Waals surface area contributed by atoms with Crippen molar-refractivity contribution in [3.63, 3.8) is 0 Å². The third-order valence-electron chi connectivity index (χ3n) is 4.44. The Morgan fingerprint density at radius 1 is 1.30 bits per heavy atom. The summed E-state index contributed by atoms with van der Waals surface area (Å²) in [4.78, 5) is 14.7. The third-order valence-corrected chi connectivity index (χ3v) is 4.44. The summed E-state index contributed by atoms with van der Waals surface area (Å²) in [6.45, 7) is 8.36. The van der Waals surface area contributed by atoms with Crippen LogP contribution in [0.25, 0.3) is 0 Å². The summed E-state index contributed by atoms with van der Waals surface area (Å²) in [6, 6.07) is 6.01. The molecule has 0 aliphatic carbocycles. The summed E-state index contributed by atoms with van der Waals surface area (Å²) < 4.78 is 0. The molecule has 1 aromatic rings. The molecule has 20 heavy (non-hydrogen) atoms. The Kier molecular flexibility index (Phi) is 4.69. The first-order chi connectivity index (χ1) is 9.52. The first kappa shape index (κ1) is 14.9. The number of aryl methyl sites for hydroxylation is 1. The number of carbonyl (C=O) groups excluding carboxylic acids is 1. The van der Waals surface area contributed by atoms with Crippen molar-refractivity contribution in [2.24, 2.45) is 11.8 Å². The van der Waals surface area contributed by atoms with Gasteiger partial charge in [-0.25, -0.2) is 0 Å². The molecule has 1 amide bonds. The third kappa shape index (κ3) is 3.14. The number of hydrogen-bond acceptors (Lipinski definition) is 2. The van der Waals surface area contributed by atoms with Crippen LogP contribution >= 0.6 is 0 Å². The standard InChI is InChI=1S/C17H26N2O/c1-12(2)14-7-9-19(10-8-14)17(20)15-11-13(3)5-6-16(15)18-4/h5-6,11-12,14,18H,7-10H2,1-4H3. The number of likely N-dealkylation sites (tertiary alicyclic amines) is 1. The molecule has 0 bridgehead atoms. The van der Waals surface area contributed by atoms with E-state index >= 15 is 0 Å². The first-order valence-electron chi connectivity index (χ1n) is 7.60. The number of hydrogen-bond donors (Lipinski definition) is 1. The molecule has 110 valence electrons. The molecular weight excluding hydrogens is 248 g/mol. The lowest BCUT2D eigenvalue weighted by atomic mass is 9.86. The Morgan fingerprint density at radius 3 is 2.50 bits per heavy atom. The number of benzene rings is 1. The smallest absolute Gasteiger partial charge is 0.255 e. The highest BCUT2D eigenvalue weighted by Crippen LogP contribution is 2.27. The van der Waals surface area contributed by atoms with Crippen LogP contribution in [0.5, 0.6) is 0 Å². The largest absolute Gasteiger partial charge is 0.387 e. The van der Waals surface area contributed by atoms with Crippen molar-refractivity contribution < 1.29 is 4.79 Å². The first-order valence-corrected chi connectivity index (χ1v) is 7.60. The molecule has 0 unspecified atom stereocenters. The molecule has 0 spiro atoms. The number of anilines is 1. The van der Waals surface area contributed by atoms with Gasteiger partial charge in [-0.3, -0.25) is 4.79 Å². The van der Waals surface area contributed by atoms with Gasteiger partial charge >= 0.3 is 0 Å². The van der Waals surface area contributed by atoms with Gasteiger partial charge in [0.05, 0.1) is 5.56 Å². The Morgan fingerprint density at radius 2 is 1.95 bits per heavy atom. The fourth-order valence-electron chi connectivity index (χ4n) is 2.99. The van der Waals surface area contributed by atoms with Crippen LogP contribution in [0.3, 0.4) is 0 Å². The maximum Gasteiger partial charge on any atom is 0.255 e. The van der Waals surface area contributed by atoms with Gasteiger partial charge in [0.1, 0.15) is 0 Å². The molecule has 0 aromatic heterocycles. The van der Waals surface area contributed by atoms with E-state index in [1.807, 2.05) is 37.1 Å². The minimum atomic E-state index is 0.167. The van der Waals surface area contributed by atoms with Crippen LogP contribution < -0.4 is 5.32 Å². The highest BCUT2D eigenvalue weighted by Gasteiger charge is 2.26. The number of nitrogens with one attached hydrogen (secondary N) is 1. The molecule has 2 rings (SSSR count). The zero-order chi connectivity index (χ0) is 14.7. The van der Waals surface area contributed by atoms with Gasteiger partial charge in [0.2, 0.25) is 0 Å². The highest BCUT2D eigenvalue weighted by atomic mass is 16.2. The van der Waals surface area contributed by atoms with Gasteiger partial charge in [0, 0.05) is 25.8 Å². The van der Waals surface area contributed by atoms with Crippen LogP contribution in [0.1, 0.15) is 42.6 Å². The van der Waals surface area contributed by atoms with Crippen LogP contribution in [0.15, 0.2) is 18.2 Å². The van der Waals surface area contributed by atoms with Crippen molar-refractivity contribution >= 4 is 11.6 Å². The quantitative estimate of drug-likeness (QED) is 0.914. The monoisotopic (exact) mass is 274 g/mol. The fourth-order valence-corrected chi connectivity index (χ4v) is 2.99. The lowest BCUT2D eigenvalue weighted by Gasteiger charge is -2.34. The van der Waals surface area contributed by atoms with Gasteiger partial charge < -0.3 is 10.2 Å². The van der Waals surface area contributed by atoms with Crippen LogP contribution in [0, 0.1) is 18.8 Å². The second-order valence-electron chi connectivity index (χ2n) is 6.17. The topological polar surface area (TPSA) is 32.3 Å². The Bertz CT molecular complexity index is 474. The van der Waals surface area contributed by atoms with E-state index in [1.165, 1.54) is 0 Å². The maximum absolute atomic E-state index is 12.7. The number of carbonyl (C=O) groups is 1. The van der Waals surface area contributed by atoms with E-state index < -0.39 is 0 Å². The normalized spacial score (nSPS) is 16.6. The minimum absolute atomic E-state index is 0.167. The average Bonchev–Trinajstić information content (AvgIpc) is 2.46. The predicted octanol–water partition coefficient (Wildman–Crippen LogP) is 3.54. The van der Waals surface area contributed by atoms with Gasteiger partial charge in [-0.2, -0.15) is 0 Å². The molecule has 1 aromatic carbocycles. The number of amides is 1. The Hall–Kier alpha value is -1.51. The summed E-state index contributed by atoms with van der Waals surface area (Å²) in [5.41, 5.74) is 2.85. The molecular formula is C17H26N2O. The summed E-state index contributed by atoms with van der Waals surface area (Å²) in [5.74, 6) is 1.65. The average molecular weight is 274 g/mol. The van der Waals surface area contributed by atoms with Crippen molar-refractivity contribution in [3.05, 3.63) is 29.3 Å². The number of rotatable bonds is 3. The van der Waals surface area contributed by atoms with Crippen molar-refractivity contribution in [2.75, 3.05) is 25.5 Å². The number of piperidine rings is 1. The van der Waals surface area contributed by atoms with Crippen molar-refractivity contribution in [1.82, 2.24) is 4.90 Å². The van der Waals surface area contributed by atoms with Crippen LogP contribution in [0.2, 0.25) is 0 Å². The molecule has 3 heteroatoms. The van der Waals surface area contributed by atoms with E-state index in [2.05, 4.69) is 19.2 Å². The van der Waals surface area contributed by atoms with E-state index in [1.54, 1.807) is 0 Å². The molecule has 0 atom stereocenters. The van der Waals surface area contributed by atoms with E-state index in [-0.39, 0.29) is 5.91 Å². The van der Waals surface area contributed by atoms with Gasteiger partial charge in [0.25, 0.3) is 5.91 Å².